The maximum atomic E-state index is 14.9. The van der Waals surface area contributed by atoms with E-state index in [1.54, 1.807) is 12.1 Å². The quantitative estimate of drug-likeness (QED) is 0.886. The van der Waals surface area contributed by atoms with Crippen LogP contribution in [0.3, 0.4) is 0 Å². The van der Waals surface area contributed by atoms with E-state index in [2.05, 4.69) is 0 Å². The van der Waals surface area contributed by atoms with Crippen LogP contribution >= 0.6 is 0 Å². The molecule has 1 fully saturated rings. The van der Waals surface area contributed by atoms with E-state index in [-0.39, 0.29) is 25.9 Å². The number of alkyl halides is 1. The third-order valence-electron chi connectivity index (χ3n) is 3.50. The second-order valence-corrected chi connectivity index (χ2v) is 6.27. The lowest BCUT2D eigenvalue weighted by Gasteiger charge is -2.35. The summed E-state index contributed by atoms with van der Waals surface area (Å²) in [6.45, 7) is 2.12. The molecule has 1 saturated heterocycles. The van der Waals surface area contributed by atoms with E-state index < -0.39 is 15.9 Å². The first-order valence-electron chi connectivity index (χ1n) is 5.86. The normalized spacial score (nSPS) is 20.8. The molecule has 100 valence electrons. The van der Waals surface area contributed by atoms with Gasteiger partial charge in [-0.05, 0) is 30.9 Å². The minimum atomic E-state index is -3.70. The van der Waals surface area contributed by atoms with Gasteiger partial charge >= 0.3 is 0 Å². The summed E-state index contributed by atoms with van der Waals surface area (Å²) in [7, 11) is -3.70. The highest BCUT2D eigenvalue weighted by atomic mass is 32.2. The molecule has 4 nitrogen and oxygen atoms in total. The van der Waals surface area contributed by atoms with E-state index in [1.807, 2.05) is 19.1 Å². The van der Waals surface area contributed by atoms with Crippen LogP contribution in [0, 0.1) is 6.92 Å². The SMILES string of the molecule is Cc1ccccc1C1(F)CCN(S(N)(=O)=O)CC1. The van der Waals surface area contributed by atoms with Crippen molar-refractivity contribution in [2.75, 3.05) is 13.1 Å². The summed E-state index contributed by atoms with van der Waals surface area (Å²) in [5, 5.41) is 5.04. The van der Waals surface area contributed by atoms with E-state index in [4.69, 9.17) is 5.14 Å². The highest BCUT2D eigenvalue weighted by Crippen LogP contribution is 2.38. The van der Waals surface area contributed by atoms with E-state index in [1.165, 1.54) is 0 Å². The Hall–Kier alpha value is -0.980. The van der Waals surface area contributed by atoms with Crippen molar-refractivity contribution in [3.8, 4) is 0 Å². The van der Waals surface area contributed by atoms with Crippen LogP contribution in [0.1, 0.15) is 24.0 Å². The van der Waals surface area contributed by atoms with Gasteiger partial charge in [-0.1, -0.05) is 24.3 Å². The number of rotatable bonds is 2. The number of hydrogen-bond acceptors (Lipinski definition) is 2. The van der Waals surface area contributed by atoms with Crippen LogP contribution in [0.5, 0.6) is 0 Å². The molecular weight excluding hydrogens is 255 g/mol. The Kier molecular flexibility index (Phi) is 3.44. The first kappa shape index (κ1) is 13.5. The van der Waals surface area contributed by atoms with Gasteiger partial charge in [0.05, 0.1) is 0 Å². The zero-order valence-corrected chi connectivity index (χ0v) is 11.1. The van der Waals surface area contributed by atoms with Crippen molar-refractivity contribution < 1.29 is 12.8 Å². The van der Waals surface area contributed by atoms with Crippen molar-refractivity contribution in [2.24, 2.45) is 5.14 Å². The van der Waals surface area contributed by atoms with Gasteiger partial charge in [0.25, 0.3) is 10.2 Å². The molecule has 1 aliphatic rings. The summed E-state index contributed by atoms with van der Waals surface area (Å²) in [5.41, 5.74) is 0.0927. The zero-order chi connectivity index (χ0) is 13.4. The molecule has 1 heterocycles. The van der Waals surface area contributed by atoms with Gasteiger partial charge in [-0.15, -0.1) is 0 Å². The van der Waals surface area contributed by atoms with Crippen molar-refractivity contribution >= 4 is 10.2 Å². The third-order valence-corrected chi connectivity index (χ3v) is 4.59. The summed E-state index contributed by atoms with van der Waals surface area (Å²) >= 11 is 0. The zero-order valence-electron chi connectivity index (χ0n) is 10.3. The fourth-order valence-electron chi connectivity index (χ4n) is 2.44. The van der Waals surface area contributed by atoms with E-state index in [0.717, 1.165) is 9.87 Å². The molecule has 2 rings (SSSR count). The number of piperidine rings is 1. The predicted octanol–water partition coefficient (Wildman–Crippen LogP) is 1.46. The highest BCUT2D eigenvalue weighted by molar-refractivity contribution is 7.86. The van der Waals surface area contributed by atoms with Crippen molar-refractivity contribution in [1.82, 2.24) is 4.31 Å². The molecule has 2 N–H and O–H groups in total. The molecular formula is C12H17FN2O2S. The fourth-order valence-corrected chi connectivity index (χ4v) is 3.13. The summed E-state index contributed by atoms with van der Waals surface area (Å²) < 4.78 is 38.4. The van der Waals surface area contributed by atoms with Crippen LogP contribution in [0.25, 0.3) is 0 Å². The summed E-state index contributed by atoms with van der Waals surface area (Å²) in [6.07, 6.45) is 0.294. The Bertz CT molecular complexity index is 537. The van der Waals surface area contributed by atoms with Crippen LogP contribution in [0.4, 0.5) is 4.39 Å². The van der Waals surface area contributed by atoms with Crippen LogP contribution in [-0.4, -0.2) is 25.8 Å². The molecule has 0 bridgehead atoms. The first-order valence-corrected chi connectivity index (χ1v) is 7.36. The van der Waals surface area contributed by atoms with Gasteiger partial charge in [0, 0.05) is 13.1 Å². The lowest BCUT2D eigenvalue weighted by molar-refractivity contribution is 0.0864. The first-order chi connectivity index (χ1) is 8.33. The molecule has 0 unspecified atom stereocenters. The average molecular weight is 272 g/mol. The van der Waals surface area contributed by atoms with Crippen molar-refractivity contribution in [3.05, 3.63) is 35.4 Å². The third kappa shape index (κ3) is 2.55. The number of nitrogens with zero attached hydrogens (tertiary/aromatic N) is 1. The molecule has 0 atom stereocenters. The number of hydrogen-bond donors (Lipinski definition) is 1. The molecule has 1 aromatic rings. The molecule has 0 aliphatic carbocycles. The Morgan fingerprint density at radius 3 is 2.33 bits per heavy atom. The molecule has 0 radical (unpaired) electrons. The number of aryl methyl sites for hydroxylation is 1. The number of benzene rings is 1. The van der Waals surface area contributed by atoms with E-state index in [9.17, 15) is 12.8 Å². The minimum Gasteiger partial charge on any atom is -0.239 e. The lowest BCUT2D eigenvalue weighted by Crippen LogP contribution is -2.46. The van der Waals surface area contributed by atoms with Crippen LogP contribution in [0.2, 0.25) is 0 Å². The fraction of sp³-hybridized carbons (Fsp3) is 0.500. The highest BCUT2D eigenvalue weighted by Gasteiger charge is 2.39. The van der Waals surface area contributed by atoms with Gasteiger partial charge in [0.15, 0.2) is 0 Å². The molecule has 0 spiro atoms. The van der Waals surface area contributed by atoms with Crippen LogP contribution < -0.4 is 5.14 Å². The van der Waals surface area contributed by atoms with E-state index >= 15 is 0 Å². The smallest absolute Gasteiger partial charge is 0.239 e. The predicted molar refractivity (Wildman–Crippen MR) is 67.9 cm³/mol. The average Bonchev–Trinajstić information content (AvgIpc) is 2.28. The summed E-state index contributed by atoms with van der Waals surface area (Å²) in [4.78, 5) is 0. The maximum absolute atomic E-state index is 14.9. The largest absolute Gasteiger partial charge is 0.276 e. The Balaban J connectivity index is 2.20. The van der Waals surface area contributed by atoms with Crippen LogP contribution in [0.15, 0.2) is 24.3 Å². The molecule has 18 heavy (non-hydrogen) atoms. The Morgan fingerprint density at radius 2 is 1.83 bits per heavy atom. The molecule has 0 amide bonds. The van der Waals surface area contributed by atoms with Crippen LogP contribution in [-0.2, 0) is 15.9 Å². The Labute approximate surface area is 107 Å². The standard InChI is InChI=1S/C12H17FN2O2S/c1-10-4-2-3-5-11(10)12(13)6-8-15(9-7-12)18(14,16)17/h2-5H,6-9H2,1H3,(H2,14,16,17). The number of nitrogens with two attached hydrogens (primary N) is 1. The number of halogens is 1. The molecule has 1 aliphatic heterocycles. The summed E-state index contributed by atoms with van der Waals surface area (Å²) in [5.74, 6) is 0. The van der Waals surface area contributed by atoms with Gasteiger partial charge in [0.2, 0.25) is 0 Å². The summed E-state index contributed by atoms with van der Waals surface area (Å²) in [6, 6.07) is 7.29. The van der Waals surface area contributed by atoms with Crippen molar-refractivity contribution in [1.29, 1.82) is 0 Å². The maximum Gasteiger partial charge on any atom is 0.276 e. The van der Waals surface area contributed by atoms with Gasteiger partial charge in [0.1, 0.15) is 5.67 Å². The second-order valence-electron chi connectivity index (χ2n) is 4.72. The molecule has 0 aromatic heterocycles. The van der Waals surface area contributed by atoms with E-state index in [0.29, 0.717) is 5.56 Å². The molecule has 1 aromatic carbocycles. The molecule has 6 heteroatoms. The van der Waals surface area contributed by atoms with Crippen molar-refractivity contribution in [3.63, 3.8) is 0 Å². The molecule has 0 saturated carbocycles. The van der Waals surface area contributed by atoms with Crippen molar-refractivity contribution in [2.45, 2.75) is 25.4 Å². The second kappa shape index (κ2) is 4.60. The lowest BCUT2D eigenvalue weighted by atomic mass is 9.84. The topological polar surface area (TPSA) is 63.4 Å². The van der Waals surface area contributed by atoms with Gasteiger partial charge in [-0.2, -0.15) is 12.7 Å². The van der Waals surface area contributed by atoms with Gasteiger partial charge in [-0.25, -0.2) is 9.53 Å². The Morgan fingerprint density at radius 1 is 1.28 bits per heavy atom. The van der Waals surface area contributed by atoms with Gasteiger partial charge < -0.3 is 0 Å². The van der Waals surface area contributed by atoms with Gasteiger partial charge in [-0.3, -0.25) is 0 Å². The minimum absolute atomic E-state index is 0.129. The monoisotopic (exact) mass is 272 g/mol.